The average molecular weight is 313 g/mol. The zero-order valence-corrected chi connectivity index (χ0v) is 11.8. The molecule has 0 heterocycles. The smallest absolute Gasteiger partial charge is 0.341 e. The molecule has 0 radical (unpaired) electrons. The topological polar surface area (TPSA) is 69.7 Å². The second kappa shape index (κ2) is 5.88. The largest absolute Gasteiger partial charge is 0.467 e. The Kier molecular flexibility index (Phi) is 4.98. The lowest BCUT2D eigenvalue weighted by Crippen LogP contribution is -2.20. The van der Waals surface area contributed by atoms with Gasteiger partial charge in [-0.05, 0) is 23.8 Å². The maximum absolute atomic E-state index is 11.5. The molecule has 1 unspecified atom stereocenters. The molecule has 0 spiro atoms. The summed E-state index contributed by atoms with van der Waals surface area (Å²) in [4.78, 5) is 11.5. The fraction of sp³-hybridized carbons (Fsp3) is 0.300. The normalized spacial score (nSPS) is 13.1. The van der Waals surface area contributed by atoms with Gasteiger partial charge in [0.2, 0.25) is 0 Å². The van der Waals surface area contributed by atoms with Crippen molar-refractivity contribution in [2.24, 2.45) is 0 Å². The van der Waals surface area contributed by atoms with Crippen LogP contribution in [0.15, 0.2) is 18.2 Å². The molecule has 0 aliphatic rings. The van der Waals surface area contributed by atoms with Crippen LogP contribution in [0, 0.1) is 0 Å². The van der Waals surface area contributed by atoms with E-state index in [2.05, 4.69) is 8.92 Å². The summed E-state index contributed by atoms with van der Waals surface area (Å²) in [5.74, 6) is -0.862. The van der Waals surface area contributed by atoms with E-state index >= 15 is 0 Å². The van der Waals surface area contributed by atoms with Crippen LogP contribution in [0.2, 0.25) is 10.0 Å². The van der Waals surface area contributed by atoms with E-state index < -0.39 is 22.2 Å². The summed E-state index contributed by atoms with van der Waals surface area (Å²) in [6, 6.07) is 4.20. The highest BCUT2D eigenvalue weighted by Gasteiger charge is 2.27. The van der Waals surface area contributed by atoms with Gasteiger partial charge in [-0.3, -0.25) is 4.18 Å². The van der Waals surface area contributed by atoms with E-state index in [-0.39, 0.29) is 15.6 Å². The molecule has 0 aliphatic carbocycles. The molecule has 1 aromatic rings. The quantitative estimate of drug-likeness (QED) is 0.629. The zero-order valence-electron chi connectivity index (χ0n) is 9.51. The summed E-state index contributed by atoms with van der Waals surface area (Å²) in [5, 5.41) is 0.506. The number of esters is 1. The molecule has 1 rings (SSSR count). The van der Waals surface area contributed by atoms with Crippen LogP contribution in [0.5, 0.6) is 0 Å². The van der Waals surface area contributed by atoms with Crippen LogP contribution in [0.1, 0.15) is 11.7 Å². The Bertz CT molecular complexity index is 535. The Morgan fingerprint density at radius 3 is 2.11 bits per heavy atom. The first-order valence-corrected chi connectivity index (χ1v) is 7.22. The monoisotopic (exact) mass is 312 g/mol. The van der Waals surface area contributed by atoms with Gasteiger partial charge in [-0.1, -0.05) is 23.2 Å². The van der Waals surface area contributed by atoms with Crippen molar-refractivity contribution in [1.29, 1.82) is 0 Å². The highest BCUT2D eigenvalue weighted by molar-refractivity contribution is 7.86. The summed E-state index contributed by atoms with van der Waals surface area (Å²) in [6.45, 7) is 0. The first kappa shape index (κ1) is 15.2. The molecule has 0 aromatic heterocycles. The van der Waals surface area contributed by atoms with Crippen molar-refractivity contribution >= 4 is 39.3 Å². The standard InChI is InChI=1S/C10H10Cl2O5S/c1-16-10(13)9(17-18(2,14)15)6-3-7(11)5-8(12)4-6/h3-5,9H,1-2H3. The van der Waals surface area contributed by atoms with Crippen molar-refractivity contribution < 1.29 is 22.1 Å². The van der Waals surface area contributed by atoms with Crippen LogP contribution in [0.25, 0.3) is 0 Å². The summed E-state index contributed by atoms with van der Waals surface area (Å²) >= 11 is 11.5. The van der Waals surface area contributed by atoms with Crippen molar-refractivity contribution in [3.63, 3.8) is 0 Å². The second-order valence-electron chi connectivity index (χ2n) is 3.41. The van der Waals surface area contributed by atoms with E-state index in [1.807, 2.05) is 0 Å². The molecule has 5 nitrogen and oxygen atoms in total. The van der Waals surface area contributed by atoms with E-state index in [9.17, 15) is 13.2 Å². The number of halogens is 2. The summed E-state index contributed by atoms with van der Waals surface area (Å²) in [6.07, 6.45) is -0.601. The minimum absolute atomic E-state index is 0.199. The third-order valence-electron chi connectivity index (χ3n) is 1.87. The molecule has 0 fully saturated rings. The van der Waals surface area contributed by atoms with Crippen molar-refractivity contribution in [1.82, 2.24) is 0 Å². The molecule has 0 N–H and O–H groups in total. The Labute approximate surface area is 115 Å². The number of carbonyl (C=O) groups excluding carboxylic acids is 1. The van der Waals surface area contributed by atoms with E-state index in [1.54, 1.807) is 0 Å². The van der Waals surface area contributed by atoms with Gasteiger partial charge in [0.05, 0.1) is 13.4 Å². The lowest BCUT2D eigenvalue weighted by Gasteiger charge is -2.14. The van der Waals surface area contributed by atoms with Gasteiger partial charge in [0, 0.05) is 10.0 Å². The van der Waals surface area contributed by atoms with Gasteiger partial charge in [-0.25, -0.2) is 4.79 Å². The van der Waals surface area contributed by atoms with Crippen molar-refractivity contribution in [2.75, 3.05) is 13.4 Å². The molecule has 0 bridgehead atoms. The van der Waals surface area contributed by atoms with Crippen LogP contribution in [0.4, 0.5) is 0 Å². The second-order valence-corrected chi connectivity index (χ2v) is 5.88. The van der Waals surface area contributed by atoms with Gasteiger partial charge >= 0.3 is 5.97 Å². The zero-order chi connectivity index (χ0) is 13.9. The number of rotatable bonds is 4. The number of hydrogen-bond acceptors (Lipinski definition) is 5. The maximum Gasteiger partial charge on any atom is 0.341 e. The Morgan fingerprint density at radius 2 is 1.72 bits per heavy atom. The van der Waals surface area contributed by atoms with E-state index in [4.69, 9.17) is 23.2 Å². The van der Waals surface area contributed by atoms with Gasteiger partial charge in [-0.2, -0.15) is 8.42 Å². The van der Waals surface area contributed by atoms with Crippen molar-refractivity contribution in [3.8, 4) is 0 Å². The number of benzene rings is 1. The Balaban J connectivity index is 3.21. The van der Waals surface area contributed by atoms with Crippen LogP contribution in [-0.4, -0.2) is 27.8 Å². The highest BCUT2D eigenvalue weighted by Crippen LogP contribution is 2.27. The van der Waals surface area contributed by atoms with Crippen molar-refractivity contribution in [3.05, 3.63) is 33.8 Å². The molecule has 8 heteroatoms. The predicted octanol–water partition coefficient (Wildman–Crippen LogP) is 2.18. The minimum Gasteiger partial charge on any atom is -0.467 e. The SMILES string of the molecule is COC(=O)C(OS(C)(=O)=O)c1cc(Cl)cc(Cl)c1. The molecule has 1 atom stereocenters. The van der Waals surface area contributed by atoms with Crippen LogP contribution < -0.4 is 0 Å². The summed E-state index contributed by atoms with van der Waals surface area (Å²) in [5.41, 5.74) is 0.199. The molecule has 1 aromatic carbocycles. The van der Waals surface area contributed by atoms with Gasteiger partial charge in [0.1, 0.15) is 0 Å². The fourth-order valence-corrected chi connectivity index (χ4v) is 2.32. The Hall–Kier alpha value is -0.820. The average Bonchev–Trinajstić information content (AvgIpc) is 2.22. The van der Waals surface area contributed by atoms with E-state index in [0.29, 0.717) is 0 Å². The lowest BCUT2D eigenvalue weighted by molar-refractivity contribution is -0.149. The first-order valence-electron chi connectivity index (χ1n) is 4.65. The van der Waals surface area contributed by atoms with Crippen molar-refractivity contribution in [2.45, 2.75) is 6.10 Å². The molecule has 0 amide bonds. The third-order valence-corrected chi connectivity index (χ3v) is 2.85. The first-order chi connectivity index (χ1) is 8.23. The molecular weight excluding hydrogens is 303 g/mol. The molecule has 18 heavy (non-hydrogen) atoms. The van der Waals surface area contributed by atoms with Gasteiger partial charge in [-0.15, -0.1) is 0 Å². The number of carbonyl (C=O) groups is 1. The molecule has 100 valence electrons. The van der Waals surface area contributed by atoms with Gasteiger partial charge in [0.15, 0.2) is 6.10 Å². The van der Waals surface area contributed by atoms with Gasteiger partial charge in [0.25, 0.3) is 10.1 Å². The van der Waals surface area contributed by atoms with Crippen LogP contribution in [0.3, 0.4) is 0 Å². The molecular formula is C10H10Cl2O5S. The summed E-state index contributed by atoms with van der Waals surface area (Å²) in [7, 11) is -2.72. The number of hydrogen-bond donors (Lipinski definition) is 0. The predicted molar refractivity (Wildman–Crippen MR) is 67.1 cm³/mol. The summed E-state index contributed by atoms with van der Waals surface area (Å²) < 4.78 is 31.4. The molecule has 0 saturated carbocycles. The minimum atomic E-state index is -3.84. The lowest BCUT2D eigenvalue weighted by atomic mass is 10.1. The maximum atomic E-state index is 11.5. The Morgan fingerprint density at radius 1 is 1.22 bits per heavy atom. The number of methoxy groups -OCH3 is 1. The highest BCUT2D eigenvalue weighted by atomic mass is 35.5. The fourth-order valence-electron chi connectivity index (χ4n) is 1.24. The van der Waals surface area contributed by atoms with E-state index in [0.717, 1.165) is 13.4 Å². The number of ether oxygens (including phenoxy) is 1. The van der Waals surface area contributed by atoms with Crippen LogP contribution >= 0.6 is 23.2 Å². The molecule has 0 aliphatic heterocycles. The molecule has 0 saturated heterocycles. The van der Waals surface area contributed by atoms with Crippen LogP contribution in [-0.2, 0) is 23.8 Å². The van der Waals surface area contributed by atoms with E-state index in [1.165, 1.54) is 18.2 Å². The third kappa shape index (κ3) is 4.45. The van der Waals surface area contributed by atoms with Gasteiger partial charge < -0.3 is 4.74 Å².